The molecular formula is C17H19F3N4O2. The Hall–Kier alpha value is -2.58. The minimum Gasteiger partial charge on any atom is -0.340 e. The number of amides is 2. The number of alkyl halides is 3. The number of aryl methyl sites for hydroxylation is 2. The van der Waals surface area contributed by atoms with Crippen LogP contribution in [0.4, 0.5) is 23.7 Å². The summed E-state index contributed by atoms with van der Waals surface area (Å²) >= 11 is 0. The van der Waals surface area contributed by atoms with Crippen molar-refractivity contribution in [2.24, 2.45) is 0 Å². The summed E-state index contributed by atoms with van der Waals surface area (Å²) in [6, 6.07) is 4.24. The number of urea groups is 1. The van der Waals surface area contributed by atoms with E-state index in [-0.39, 0.29) is 11.7 Å². The van der Waals surface area contributed by atoms with Crippen LogP contribution in [0.25, 0.3) is 0 Å². The molecule has 0 aliphatic carbocycles. The van der Waals surface area contributed by atoms with Gasteiger partial charge in [-0.15, -0.1) is 0 Å². The Morgan fingerprint density at radius 3 is 2.92 bits per heavy atom. The quantitative estimate of drug-likeness (QED) is 0.885. The van der Waals surface area contributed by atoms with Crippen molar-refractivity contribution in [1.82, 2.24) is 15.0 Å². The summed E-state index contributed by atoms with van der Waals surface area (Å²) in [5, 5.41) is 6.40. The summed E-state index contributed by atoms with van der Waals surface area (Å²) in [6.07, 6.45) is -1.50. The summed E-state index contributed by atoms with van der Waals surface area (Å²) in [4.78, 5) is 18.3. The molecule has 1 N–H and O–H groups in total. The zero-order valence-corrected chi connectivity index (χ0v) is 14.2. The molecule has 3 rings (SSSR count). The summed E-state index contributed by atoms with van der Waals surface area (Å²) in [5.41, 5.74) is -0.662. The normalized spacial score (nSPS) is 17.5. The lowest BCUT2D eigenvalue weighted by Crippen LogP contribution is -2.39. The Balaban J connectivity index is 1.61. The highest BCUT2D eigenvalue weighted by molar-refractivity contribution is 5.89. The van der Waals surface area contributed by atoms with Crippen molar-refractivity contribution < 1.29 is 22.5 Å². The van der Waals surface area contributed by atoms with Crippen LogP contribution in [0.2, 0.25) is 0 Å². The minimum absolute atomic E-state index is 0.000366. The number of nitrogens with zero attached hydrogens (tertiary/aromatic N) is 3. The summed E-state index contributed by atoms with van der Waals surface area (Å²) in [5.74, 6) is 1.08. The first-order valence-corrected chi connectivity index (χ1v) is 8.37. The number of anilines is 1. The predicted molar refractivity (Wildman–Crippen MR) is 87.5 cm³/mol. The van der Waals surface area contributed by atoms with Gasteiger partial charge in [0.1, 0.15) is 0 Å². The maximum atomic E-state index is 12.8. The van der Waals surface area contributed by atoms with E-state index in [0.29, 0.717) is 31.1 Å². The van der Waals surface area contributed by atoms with Gasteiger partial charge in [0.05, 0.1) is 5.56 Å². The number of benzene rings is 1. The van der Waals surface area contributed by atoms with E-state index in [1.807, 2.05) is 0 Å². The predicted octanol–water partition coefficient (Wildman–Crippen LogP) is 4.03. The van der Waals surface area contributed by atoms with Crippen molar-refractivity contribution in [3.63, 3.8) is 0 Å². The number of hydrogen-bond donors (Lipinski definition) is 1. The van der Waals surface area contributed by atoms with Gasteiger partial charge in [0, 0.05) is 31.6 Å². The molecule has 1 saturated heterocycles. The summed E-state index contributed by atoms with van der Waals surface area (Å²) in [6.45, 7) is 2.28. The SMILES string of the molecule is Cc1nc(CCC2CCCN2C(=O)Nc2cccc(C(F)(F)F)c2)no1. The lowest BCUT2D eigenvalue weighted by molar-refractivity contribution is -0.137. The van der Waals surface area contributed by atoms with Crippen molar-refractivity contribution in [3.8, 4) is 0 Å². The minimum atomic E-state index is -4.44. The number of halogens is 3. The Morgan fingerprint density at radius 2 is 2.23 bits per heavy atom. The highest BCUT2D eigenvalue weighted by Gasteiger charge is 2.32. The van der Waals surface area contributed by atoms with Gasteiger partial charge in [-0.05, 0) is 37.5 Å². The van der Waals surface area contributed by atoms with E-state index < -0.39 is 17.8 Å². The molecule has 1 unspecified atom stereocenters. The van der Waals surface area contributed by atoms with Gasteiger partial charge in [0.25, 0.3) is 0 Å². The van der Waals surface area contributed by atoms with Gasteiger partial charge in [-0.25, -0.2) is 4.79 Å². The van der Waals surface area contributed by atoms with Gasteiger partial charge < -0.3 is 14.7 Å². The second-order valence-corrected chi connectivity index (χ2v) is 6.27. The maximum Gasteiger partial charge on any atom is 0.416 e. The van der Waals surface area contributed by atoms with Gasteiger partial charge in [-0.2, -0.15) is 18.2 Å². The van der Waals surface area contributed by atoms with E-state index in [1.165, 1.54) is 12.1 Å². The zero-order valence-electron chi connectivity index (χ0n) is 14.2. The van der Waals surface area contributed by atoms with E-state index >= 15 is 0 Å². The van der Waals surface area contributed by atoms with Crippen molar-refractivity contribution in [3.05, 3.63) is 41.5 Å². The van der Waals surface area contributed by atoms with Crippen LogP contribution in [0.1, 0.15) is 36.5 Å². The molecule has 6 nitrogen and oxygen atoms in total. The summed E-state index contributed by atoms with van der Waals surface area (Å²) in [7, 11) is 0. The first-order chi connectivity index (χ1) is 12.3. The van der Waals surface area contributed by atoms with Crippen molar-refractivity contribution in [2.75, 3.05) is 11.9 Å². The molecular weight excluding hydrogens is 349 g/mol. The molecule has 0 saturated carbocycles. The van der Waals surface area contributed by atoms with Crippen LogP contribution in [0, 0.1) is 6.92 Å². The van der Waals surface area contributed by atoms with Gasteiger partial charge in [-0.3, -0.25) is 0 Å². The van der Waals surface area contributed by atoms with Crippen LogP contribution in [0.5, 0.6) is 0 Å². The molecule has 9 heteroatoms. The molecule has 1 fully saturated rings. The average molecular weight is 368 g/mol. The van der Waals surface area contributed by atoms with E-state index in [1.54, 1.807) is 11.8 Å². The summed E-state index contributed by atoms with van der Waals surface area (Å²) < 4.78 is 43.3. The van der Waals surface area contributed by atoms with Crippen LogP contribution in [0.3, 0.4) is 0 Å². The Kier molecular flexibility index (Phi) is 5.15. The van der Waals surface area contributed by atoms with Crippen LogP contribution in [-0.4, -0.2) is 33.7 Å². The van der Waals surface area contributed by atoms with Crippen LogP contribution >= 0.6 is 0 Å². The van der Waals surface area contributed by atoms with Gasteiger partial charge in [-0.1, -0.05) is 11.2 Å². The fraction of sp³-hybridized carbons (Fsp3) is 0.471. The second kappa shape index (κ2) is 7.35. The van der Waals surface area contributed by atoms with Crippen LogP contribution in [0.15, 0.2) is 28.8 Å². The Morgan fingerprint density at radius 1 is 1.42 bits per heavy atom. The van der Waals surface area contributed by atoms with Crippen molar-refractivity contribution >= 4 is 11.7 Å². The fourth-order valence-corrected chi connectivity index (χ4v) is 3.11. The number of carbonyl (C=O) groups is 1. The Bertz CT molecular complexity index is 775. The molecule has 1 atom stereocenters. The molecule has 1 aliphatic rings. The first-order valence-electron chi connectivity index (χ1n) is 8.37. The smallest absolute Gasteiger partial charge is 0.340 e. The number of hydrogen-bond acceptors (Lipinski definition) is 4. The number of aromatic nitrogens is 2. The number of rotatable bonds is 4. The Labute approximate surface area is 148 Å². The molecule has 1 aromatic heterocycles. The standard InChI is InChI=1S/C17H19F3N4O2/c1-11-21-15(23-26-11)8-7-14-6-3-9-24(14)16(25)22-13-5-2-4-12(10-13)17(18,19)20/h2,4-5,10,14H,3,6-9H2,1H3,(H,22,25). The molecule has 2 heterocycles. The third kappa shape index (κ3) is 4.33. The molecule has 2 amide bonds. The maximum absolute atomic E-state index is 12.8. The van der Waals surface area contributed by atoms with Gasteiger partial charge in [0.2, 0.25) is 5.89 Å². The highest BCUT2D eigenvalue weighted by Crippen LogP contribution is 2.31. The van der Waals surface area contributed by atoms with E-state index in [2.05, 4.69) is 15.5 Å². The molecule has 2 aromatic rings. The number of nitrogens with one attached hydrogen (secondary N) is 1. The molecule has 26 heavy (non-hydrogen) atoms. The third-order valence-electron chi connectivity index (χ3n) is 4.35. The first kappa shape index (κ1) is 18.2. The molecule has 1 aromatic carbocycles. The monoisotopic (exact) mass is 368 g/mol. The van der Waals surface area contributed by atoms with Crippen molar-refractivity contribution in [1.29, 1.82) is 0 Å². The second-order valence-electron chi connectivity index (χ2n) is 6.27. The van der Waals surface area contributed by atoms with Crippen LogP contribution in [-0.2, 0) is 12.6 Å². The largest absolute Gasteiger partial charge is 0.416 e. The lowest BCUT2D eigenvalue weighted by Gasteiger charge is -2.25. The van der Waals surface area contributed by atoms with Gasteiger partial charge in [0.15, 0.2) is 5.82 Å². The number of likely N-dealkylation sites (tertiary alicyclic amines) is 1. The van der Waals surface area contributed by atoms with Gasteiger partial charge >= 0.3 is 12.2 Å². The van der Waals surface area contributed by atoms with E-state index in [9.17, 15) is 18.0 Å². The van der Waals surface area contributed by atoms with Crippen LogP contribution < -0.4 is 5.32 Å². The molecule has 0 bridgehead atoms. The zero-order chi connectivity index (χ0) is 18.7. The van der Waals surface area contributed by atoms with E-state index in [0.717, 1.165) is 25.0 Å². The average Bonchev–Trinajstić information content (AvgIpc) is 3.21. The highest BCUT2D eigenvalue weighted by atomic mass is 19.4. The molecule has 140 valence electrons. The van der Waals surface area contributed by atoms with E-state index in [4.69, 9.17) is 4.52 Å². The molecule has 1 aliphatic heterocycles. The topological polar surface area (TPSA) is 71.3 Å². The third-order valence-corrected chi connectivity index (χ3v) is 4.35. The molecule has 0 spiro atoms. The fourth-order valence-electron chi connectivity index (χ4n) is 3.11. The van der Waals surface area contributed by atoms with Crippen molar-refractivity contribution in [2.45, 2.75) is 44.8 Å². The number of carbonyl (C=O) groups excluding carboxylic acids is 1. The molecule has 0 radical (unpaired) electrons. The lowest BCUT2D eigenvalue weighted by atomic mass is 10.1.